The lowest BCUT2D eigenvalue weighted by atomic mass is 9.57. The maximum atomic E-state index is 13.5. The van der Waals surface area contributed by atoms with Gasteiger partial charge in [0, 0.05) is 26.1 Å². The third-order valence-electron chi connectivity index (χ3n) is 5.53. The molecule has 0 N–H and O–H groups in total. The molecule has 0 saturated carbocycles. The van der Waals surface area contributed by atoms with E-state index in [9.17, 15) is 14.9 Å². The minimum atomic E-state index is -0.953. The number of nitrogens with zero attached hydrogens (tertiary/aromatic N) is 2. The van der Waals surface area contributed by atoms with E-state index in [0.717, 1.165) is 12.0 Å². The summed E-state index contributed by atoms with van der Waals surface area (Å²) in [5, 5.41) is 9.44. The Hall–Kier alpha value is -2.45. The summed E-state index contributed by atoms with van der Waals surface area (Å²) >= 11 is 0. The van der Waals surface area contributed by atoms with Crippen molar-refractivity contribution in [2.75, 3.05) is 26.8 Å². The number of likely N-dealkylation sites (tertiary alicyclic amines) is 1. The zero-order chi connectivity index (χ0) is 18.0. The zero-order valence-electron chi connectivity index (χ0n) is 14.6. The van der Waals surface area contributed by atoms with Gasteiger partial charge in [0.15, 0.2) is 5.78 Å². The number of hydrogen-bond donors (Lipinski definition) is 0. The number of carbonyl (C=O) groups excluding carboxylic acids is 2. The average Bonchev–Trinajstić information content (AvgIpc) is 2.65. The fraction of sp³-hybridized carbons (Fsp3) is 0.450. The molecule has 0 bridgehead atoms. The second kappa shape index (κ2) is 6.81. The summed E-state index contributed by atoms with van der Waals surface area (Å²) in [5.41, 5.74) is -0.0141. The van der Waals surface area contributed by atoms with E-state index >= 15 is 0 Å². The number of Topliss-reactive ketones (excluding diaryl/α,β-unsaturated/α-hetero) is 1. The summed E-state index contributed by atoms with van der Waals surface area (Å²) in [6.07, 6.45) is 2.35. The minimum absolute atomic E-state index is 0.0425. The van der Waals surface area contributed by atoms with Crippen molar-refractivity contribution in [3.8, 4) is 6.07 Å². The quantitative estimate of drug-likeness (QED) is 0.843. The molecule has 5 nitrogen and oxygen atoms in total. The second-order valence-corrected chi connectivity index (χ2v) is 6.74. The van der Waals surface area contributed by atoms with E-state index in [0.29, 0.717) is 19.7 Å². The number of piperidine rings is 1. The highest BCUT2D eigenvalue weighted by Crippen LogP contribution is 2.48. The van der Waals surface area contributed by atoms with Crippen molar-refractivity contribution in [3.63, 3.8) is 0 Å². The number of methoxy groups -OCH3 is 1. The molecule has 1 fully saturated rings. The number of rotatable bonds is 4. The number of carbonyl (C=O) groups is 2. The summed E-state index contributed by atoms with van der Waals surface area (Å²) in [6.45, 7) is 3.42. The molecule has 1 aliphatic heterocycles. The van der Waals surface area contributed by atoms with E-state index in [2.05, 4.69) is 0 Å². The number of allylic oxidation sites excluding steroid dienone is 1. The molecule has 1 aromatic carbocycles. The van der Waals surface area contributed by atoms with Crippen LogP contribution in [0.4, 0.5) is 0 Å². The first kappa shape index (κ1) is 17.4. The first-order valence-corrected chi connectivity index (χ1v) is 8.57. The highest BCUT2D eigenvalue weighted by Gasteiger charge is 2.56. The van der Waals surface area contributed by atoms with Crippen LogP contribution in [0, 0.1) is 23.2 Å². The Morgan fingerprint density at radius 3 is 2.68 bits per heavy atom. The maximum Gasteiger partial charge on any atom is 0.237 e. The molecule has 1 saturated heterocycles. The third kappa shape index (κ3) is 2.67. The van der Waals surface area contributed by atoms with Crippen LogP contribution in [0.2, 0.25) is 0 Å². The number of fused-ring (bicyclic) bond motifs is 1. The summed E-state index contributed by atoms with van der Waals surface area (Å²) in [7, 11) is 1.61. The molecule has 5 heteroatoms. The SMILES string of the molecule is COCCN1CCC2[C@H](C)C(=O)C(C#N)=C[C@]2(c2ccccc2)C1=O. The van der Waals surface area contributed by atoms with Crippen molar-refractivity contribution in [3.05, 3.63) is 47.5 Å². The van der Waals surface area contributed by atoms with Crippen LogP contribution < -0.4 is 0 Å². The molecule has 0 spiro atoms. The van der Waals surface area contributed by atoms with Crippen molar-refractivity contribution >= 4 is 11.7 Å². The van der Waals surface area contributed by atoms with Crippen LogP contribution in [0.1, 0.15) is 18.9 Å². The van der Waals surface area contributed by atoms with Crippen molar-refractivity contribution < 1.29 is 14.3 Å². The van der Waals surface area contributed by atoms with Crippen LogP contribution in [-0.2, 0) is 19.7 Å². The highest BCUT2D eigenvalue weighted by atomic mass is 16.5. The molecule has 3 atom stereocenters. The molecule has 1 aliphatic carbocycles. The van der Waals surface area contributed by atoms with Gasteiger partial charge in [-0.05, 0) is 24.0 Å². The molecule has 2 aliphatic rings. The van der Waals surface area contributed by atoms with E-state index in [-0.39, 0.29) is 29.1 Å². The summed E-state index contributed by atoms with van der Waals surface area (Å²) in [5.74, 6) is -0.685. The number of nitriles is 1. The number of hydrogen-bond acceptors (Lipinski definition) is 4. The Labute approximate surface area is 147 Å². The first-order chi connectivity index (χ1) is 12.1. The second-order valence-electron chi connectivity index (χ2n) is 6.74. The molecule has 1 unspecified atom stereocenters. The standard InChI is InChI=1S/C20H22N2O3/c1-14-17-8-9-22(10-11-25-2)19(24)20(17,12-15(13-21)18(14)23)16-6-4-3-5-7-16/h3-7,12,14,17H,8-11H2,1-2H3/t14-,17?,20+/m0/s1. The topological polar surface area (TPSA) is 70.4 Å². The van der Waals surface area contributed by atoms with Crippen molar-refractivity contribution in [2.24, 2.45) is 11.8 Å². The highest BCUT2D eigenvalue weighted by molar-refractivity contribution is 6.06. The van der Waals surface area contributed by atoms with Gasteiger partial charge < -0.3 is 9.64 Å². The lowest BCUT2D eigenvalue weighted by Gasteiger charge is -2.49. The van der Waals surface area contributed by atoms with Gasteiger partial charge in [0.05, 0.1) is 17.6 Å². The van der Waals surface area contributed by atoms with E-state index in [4.69, 9.17) is 4.74 Å². The predicted molar refractivity (Wildman–Crippen MR) is 92.6 cm³/mol. The zero-order valence-corrected chi connectivity index (χ0v) is 14.6. The van der Waals surface area contributed by atoms with Crippen LogP contribution >= 0.6 is 0 Å². The Kier molecular flexibility index (Phi) is 4.73. The van der Waals surface area contributed by atoms with E-state index in [1.54, 1.807) is 18.1 Å². The predicted octanol–water partition coefficient (Wildman–Crippen LogP) is 2.09. The van der Waals surface area contributed by atoms with E-state index < -0.39 is 5.41 Å². The summed E-state index contributed by atoms with van der Waals surface area (Å²) in [4.78, 5) is 27.8. The minimum Gasteiger partial charge on any atom is -0.383 e. The Balaban J connectivity index is 2.18. The maximum absolute atomic E-state index is 13.5. The number of benzene rings is 1. The molecule has 1 heterocycles. The van der Waals surface area contributed by atoms with Gasteiger partial charge in [-0.3, -0.25) is 9.59 Å². The van der Waals surface area contributed by atoms with Gasteiger partial charge in [0.2, 0.25) is 5.91 Å². The molecule has 130 valence electrons. The fourth-order valence-electron chi connectivity index (χ4n) is 4.22. The summed E-state index contributed by atoms with van der Waals surface area (Å²) < 4.78 is 5.13. The van der Waals surface area contributed by atoms with Gasteiger partial charge in [-0.25, -0.2) is 0 Å². The van der Waals surface area contributed by atoms with Gasteiger partial charge >= 0.3 is 0 Å². The van der Waals surface area contributed by atoms with Crippen molar-refractivity contribution in [1.29, 1.82) is 5.26 Å². The normalized spacial score (nSPS) is 29.0. The van der Waals surface area contributed by atoms with Crippen LogP contribution in [0.3, 0.4) is 0 Å². The Bertz CT molecular complexity index is 750. The molecule has 25 heavy (non-hydrogen) atoms. The van der Waals surface area contributed by atoms with Crippen LogP contribution in [0.25, 0.3) is 0 Å². The molecule has 3 rings (SSSR count). The van der Waals surface area contributed by atoms with Gasteiger partial charge in [0.25, 0.3) is 0 Å². The number of ether oxygens (including phenoxy) is 1. The van der Waals surface area contributed by atoms with Crippen LogP contribution in [0.5, 0.6) is 0 Å². The molecule has 0 aromatic heterocycles. The lowest BCUT2D eigenvalue weighted by molar-refractivity contribution is -0.145. The monoisotopic (exact) mass is 338 g/mol. The fourth-order valence-corrected chi connectivity index (χ4v) is 4.22. The molecule has 0 radical (unpaired) electrons. The van der Waals surface area contributed by atoms with Gasteiger partial charge in [-0.1, -0.05) is 37.3 Å². The molecular weight excluding hydrogens is 316 g/mol. The first-order valence-electron chi connectivity index (χ1n) is 8.57. The van der Waals surface area contributed by atoms with E-state index in [1.165, 1.54) is 0 Å². The molecular formula is C20H22N2O3. The van der Waals surface area contributed by atoms with Crippen LogP contribution in [-0.4, -0.2) is 43.4 Å². The number of amides is 1. The van der Waals surface area contributed by atoms with Crippen molar-refractivity contribution in [2.45, 2.75) is 18.8 Å². The van der Waals surface area contributed by atoms with E-state index in [1.807, 2.05) is 43.3 Å². The van der Waals surface area contributed by atoms with Gasteiger partial charge in [-0.15, -0.1) is 0 Å². The summed E-state index contributed by atoms with van der Waals surface area (Å²) in [6, 6.07) is 11.5. The number of ketones is 1. The molecule has 1 amide bonds. The Morgan fingerprint density at radius 2 is 2.04 bits per heavy atom. The van der Waals surface area contributed by atoms with Gasteiger partial charge in [-0.2, -0.15) is 5.26 Å². The van der Waals surface area contributed by atoms with Crippen LogP contribution in [0.15, 0.2) is 42.0 Å². The Morgan fingerprint density at radius 1 is 1.32 bits per heavy atom. The molecule has 1 aromatic rings. The average molecular weight is 338 g/mol. The van der Waals surface area contributed by atoms with Gasteiger partial charge in [0.1, 0.15) is 6.07 Å². The van der Waals surface area contributed by atoms with Crippen molar-refractivity contribution in [1.82, 2.24) is 4.90 Å². The largest absolute Gasteiger partial charge is 0.383 e. The lowest BCUT2D eigenvalue weighted by Crippen LogP contribution is -2.60. The smallest absolute Gasteiger partial charge is 0.237 e. The third-order valence-corrected chi connectivity index (χ3v) is 5.53.